The lowest BCUT2D eigenvalue weighted by Gasteiger charge is -2.02. The van der Waals surface area contributed by atoms with Crippen LogP contribution in [-0.2, 0) is 6.42 Å². The fraction of sp³-hybridized carbons (Fsp3) is 0.133. The Labute approximate surface area is 115 Å². The molecule has 0 radical (unpaired) electrons. The van der Waals surface area contributed by atoms with Gasteiger partial charge in [0.25, 0.3) is 0 Å². The lowest BCUT2D eigenvalue weighted by atomic mass is 10.1. The molecule has 0 atom stereocenters. The normalized spacial score (nSPS) is 10.8. The van der Waals surface area contributed by atoms with Crippen molar-refractivity contribution in [2.45, 2.75) is 13.3 Å². The minimum Gasteiger partial charge on any atom is -0.293 e. The summed E-state index contributed by atoms with van der Waals surface area (Å²) in [5.41, 5.74) is 4.23. The fourth-order valence-electron chi connectivity index (χ4n) is 2.02. The summed E-state index contributed by atoms with van der Waals surface area (Å²) in [4.78, 5) is 21.5. The molecular formula is C15H12N2OS. The zero-order valence-electron chi connectivity index (χ0n) is 10.5. The zero-order chi connectivity index (χ0) is 13.2. The highest BCUT2D eigenvalue weighted by Gasteiger charge is 2.13. The van der Waals surface area contributed by atoms with E-state index in [0.29, 0.717) is 6.42 Å². The molecule has 0 fully saturated rings. The minimum absolute atomic E-state index is 0.0859. The molecule has 0 unspecified atom stereocenters. The van der Waals surface area contributed by atoms with Gasteiger partial charge in [-0.3, -0.25) is 9.78 Å². The highest BCUT2D eigenvalue weighted by atomic mass is 32.1. The number of pyridine rings is 1. The molecule has 3 rings (SSSR count). The van der Waals surface area contributed by atoms with Crippen LogP contribution in [0.3, 0.4) is 0 Å². The molecule has 0 spiro atoms. The van der Waals surface area contributed by atoms with Gasteiger partial charge in [-0.25, -0.2) is 4.98 Å². The average molecular weight is 268 g/mol. The van der Waals surface area contributed by atoms with Crippen molar-refractivity contribution in [2.24, 2.45) is 0 Å². The van der Waals surface area contributed by atoms with Gasteiger partial charge in [0.05, 0.1) is 28.0 Å². The second kappa shape index (κ2) is 4.90. The molecule has 3 nitrogen and oxygen atoms in total. The predicted octanol–water partition coefficient (Wildman–Crippen LogP) is 3.43. The van der Waals surface area contributed by atoms with E-state index >= 15 is 0 Å². The van der Waals surface area contributed by atoms with Gasteiger partial charge in [0.15, 0.2) is 5.78 Å². The first-order chi connectivity index (χ1) is 9.24. The van der Waals surface area contributed by atoms with Gasteiger partial charge >= 0.3 is 0 Å². The molecule has 0 N–H and O–H groups in total. The van der Waals surface area contributed by atoms with Crippen molar-refractivity contribution in [2.75, 3.05) is 0 Å². The van der Waals surface area contributed by atoms with E-state index in [4.69, 9.17) is 0 Å². The molecule has 4 heteroatoms. The van der Waals surface area contributed by atoms with Gasteiger partial charge in [0.2, 0.25) is 0 Å². The number of aryl methyl sites for hydroxylation is 1. The van der Waals surface area contributed by atoms with E-state index in [1.807, 2.05) is 43.3 Å². The highest BCUT2D eigenvalue weighted by Crippen LogP contribution is 2.17. The second-order valence-electron chi connectivity index (χ2n) is 4.36. The van der Waals surface area contributed by atoms with Crippen molar-refractivity contribution >= 4 is 28.0 Å². The van der Waals surface area contributed by atoms with E-state index < -0.39 is 0 Å². The fourth-order valence-corrected chi connectivity index (χ4v) is 2.76. The van der Waals surface area contributed by atoms with E-state index in [-0.39, 0.29) is 5.78 Å². The van der Waals surface area contributed by atoms with Crippen molar-refractivity contribution in [1.82, 2.24) is 9.97 Å². The smallest absolute Gasteiger partial charge is 0.180 e. The Morgan fingerprint density at radius 3 is 2.84 bits per heavy atom. The average Bonchev–Trinajstić information content (AvgIpc) is 2.85. The number of nitrogens with zero attached hydrogens (tertiary/aromatic N) is 2. The van der Waals surface area contributed by atoms with Gasteiger partial charge < -0.3 is 0 Å². The number of Topliss-reactive ketones (excluding diaryl/α,β-unsaturated/α-hetero) is 1. The Bertz CT molecular complexity index is 748. The maximum atomic E-state index is 12.2. The van der Waals surface area contributed by atoms with Crippen molar-refractivity contribution in [3.63, 3.8) is 0 Å². The van der Waals surface area contributed by atoms with Gasteiger partial charge in [-0.05, 0) is 19.1 Å². The van der Waals surface area contributed by atoms with Crippen LogP contribution in [0.1, 0.15) is 21.1 Å². The largest absolute Gasteiger partial charge is 0.293 e. The number of aromatic nitrogens is 2. The number of para-hydroxylation sites is 1. The van der Waals surface area contributed by atoms with Gasteiger partial charge in [-0.1, -0.05) is 24.3 Å². The summed E-state index contributed by atoms with van der Waals surface area (Å²) in [6, 6.07) is 11.8. The van der Waals surface area contributed by atoms with E-state index in [9.17, 15) is 4.79 Å². The molecule has 3 aromatic rings. The Morgan fingerprint density at radius 1 is 1.21 bits per heavy atom. The maximum Gasteiger partial charge on any atom is 0.180 e. The van der Waals surface area contributed by atoms with E-state index in [0.717, 1.165) is 27.2 Å². The predicted molar refractivity (Wildman–Crippen MR) is 76.6 cm³/mol. The number of ketones is 1. The second-order valence-corrected chi connectivity index (χ2v) is 5.22. The van der Waals surface area contributed by atoms with E-state index in [1.54, 1.807) is 5.51 Å². The summed E-state index contributed by atoms with van der Waals surface area (Å²) in [5, 5.41) is 1.09. The van der Waals surface area contributed by atoms with Crippen LogP contribution in [0, 0.1) is 6.92 Å². The van der Waals surface area contributed by atoms with Gasteiger partial charge in [0.1, 0.15) is 0 Å². The Hall–Kier alpha value is -2.07. The van der Waals surface area contributed by atoms with Crippen LogP contribution in [0.2, 0.25) is 0 Å². The Kier molecular flexibility index (Phi) is 3.09. The molecule has 0 aliphatic rings. The monoisotopic (exact) mass is 268 g/mol. The molecule has 0 saturated heterocycles. The topological polar surface area (TPSA) is 42.9 Å². The number of carbonyl (C=O) groups excluding carboxylic acids is 1. The van der Waals surface area contributed by atoms with Crippen LogP contribution in [0.15, 0.2) is 41.9 Å². The molecule has 94 valence electrons. The number of thiazole rings is 1. The van der Waals surface area contributed by atoms with Crippen molar-refractivity contribution < 1.29 is 4.79 Å². The van der Waals surface area contributed by atoms with Gasteiger partial charge in [-0.2, -0.15) is 0 Å². The number of hydrogen-bond donors (Lipinski definition) is 0. The van der Waals surface area contributed by atoms with Gasteiger partial charge in [0, 0.05) is 11.1 Å². The SMILES string of the molecule is Cc1ncsc1C(=O)Cc1ccc2ccccc2n1. The zero-order valence-corrected chi connectivity index (χ0v) is 11.3. The first-order valence-electron chi connectivity index (χ1n) is 6.02. The first kappa shape index (κ1) is 12.0. The molecule has 2 heterocycles. The summed E-state index contributed by atoms with van der Waals surface area (Å²) in [6.07, 6.45) is 0.327. The number of benzene rings is 1. The minimum atomic E-state index is 0.0859. The third-order valence-electron chi connectivity index (χ3n) is 3.00. The summed E-state index contributed by atoms with van der Waals surface area (Å²) >= 11 is 1.39. The van der Waals surface area contributed by atoms with E-state index in [2.05, 4.69) is 9.97 Å². The summed E-state index contributed by atoms with van der Waals surface area (Å²) in [5.74, 6) is 0.0859. The molecule has 19 heavy (non-hydrogen) atoms. The standard InChI is InChI=1S/C15H12N2OS/c1-10-15(19-9-16-10)14(18)8-12-7-6-11-4-2-3-5-13(11)17-12/h2-7,9H,8H2,1H3. The summed E-state index contributed by atoms with van der Waals surface area (Å²) in [6.45, 7) is 1.86. The highest BCUT2D eigenvalue weighted by molar-refractivity contribution is 7.11. The number of rotatable bonds is 3. The molecule has 0 aliphatic carbocycles. The van der Waals surface area contributed by atoms with Crippen molar-refractivity contribution in [3.05, 3.63) is 58.2 Å². The summed E-state index contributed by atoms with van der Waals surface area (Å²) < 4.78 is 0. The third-order valence-corrected chi connectivity index (χ3v) is 3.97. The number of fused-ring (bicyclic) bond motifs is 1. The number of hydrogen-bond acceptors (Lipinski definition) is 4. The molecule has 1 aromatic carbocycles. The van der Waals surface area contributed by atoms with Gasteiger partial charge in [-0.15, -0.1) is 11.3 Å². The van der Waals surface area contributed by atoms with Crippen LogP contribution in [0.4, 0.5) is 0 Å². The third kappa shape index (κ3) is 2.39. The van der Waals surface area contributed by atoms with Crippen LogP contribution < -0.4 is 0 Å². The van der Waals surface area contributed by atoms with Crippen LogP contribution in [0.5, 0.6) is 0 Å². The Balaban J connectivity index is 1.89. The molecule has 0 bridgehead atoms. The van der Waals surface area contributed by atoms with Crippen LogP contribution in [0.25, 0.3) is 10.9 Å². The van der Waals surface area contributed by atoms with Crippen molar-refractivity contribution in [3.8, 4) is 0 Å². The maximum absolute atomic E-state index is 12.2. The van der Waals surface area contributed by atoms with Crippen LogP contribution >= 0.6 is 11.3 Å². The Morgan fingerprint density at radius 2 is 2.05 bits per heavy atom. The van der Waals surface area contributed by atoms with E-state index in [1.165, 1.54) is 11.3 Å². The molecule has 2 aromatic heterocycles. The molecular weight excluding hydrogens is 256 g/mol. The number of carbonyl (C=O) groups is 1. The molecule has 0 saturated carbocycles. The van der Waals surface area contributed by atoms with Crippen LogP contribution in [-0.4, -0.2) is 15.8 Å². The summed E-state index contributed by atoms with van der Waals surface area (Å²) in [7, 11) is 0. The first-order valence-corrected chi connectivity index (χ1v) is 6.90. The van der Waals surface area contributed by atoms with Crippen molar-refractivity contribution in [1.29, 1.82) is 0 Å². The quantitative estimate of drug-likeness (QED) is 0.683. The molecule has 0 amide bonds. The lowest BCUT2D eigenvalue weighted by Crippen LogP contribution is -2.04. The molecule has 0 aliphatic heterocycles. The lowest BCUT2D eigenvalue weighted by molar-refractivity contribution is 0.0995.